The van der Waals surface area contributed by atoms with Crippen molar-refractivity contribution in [1.82, 2.24) is 24.8 Å². The van der Waals surface area contributed by atoms with E-state index in [1.54, 1.807) is 25.6 Å². The lowest BCUT2D eigenvalue weighted by Crippen LogP contribution is -2.48. The molecule has 2 aliphatic rings. The van der Waals surface area contributed by atoms with E-state index in [0.29, 0.717) is 40.1 Å². The maximum atomic E-state index is 9.65. The van der Waals surface area contributed by atoms with Crippen molar-refractivity contribution in [2.75, 3.05) is 64.4 Å². The molecule has 3 aromatic rings. The number of piperazine rings is 1. The standard InChI is InChI=1S/C30H38Cl2N6O3/c1-21(39)18-37-7-9-38(10-8-37)30-33-16-27(17-34-30)41-29-12-23(19-36-5-3-22(4-6-36)20-40-2)11-28(35-29)24-13-25(31)15-26(32)14-24/h11-17,21-22,39H,3-10,18-20H2,1-2H3. The lowest BCUT2D eigenvalue weighted by Gasteiger charge is -2.35. The third-order valence-corrected chi connectivity index (χ3v) is 7.99. The fourth-order valence-electron chi connectivity index (χ4n) is 5.51. The van der Waals surface area contributed by atoms with Gasteiger partial charge in [0.25, 0.3) is 0 Å². The molecule has 1 aromatic carbocycles. The molecule has 2 fully saturated rings. The predicted molar refractivity (Wildman–Crippen MR) is 162 cm³/mol. The van der Waals surface area contributed by atoms with Crippen molar-refractivity contribution in [3.63, 3.8) is 0 Å². The molecule has 11 heteroatoms. The molecule has 220 valence electrons. The number of anilines is 1. The van der Waals surface area contributed by atoms with Crippen LogP contribution >= 0.6 is 23.2 Å². The van der Waals surface area contributed by atoms with Crippen LogP contribution < -0.4 is 9.64 Å². The molecular weight excluding hydrogens is 563 g/mol. The number of β-amino-alcohol motifs (C(OH)–C–C–N with tert-alkyl or cyclic N) is 1. The molecule has 0 radical (unpaired) electrons. The van der Waals surface area contributed by atoms with Crippen molar-refractivity contribution in [2.24, 2.45) is 5.92 Å². The molecule has 0 aliphatic carbocycles. The topological polar surface area (TPSA) is 87.1 Å². The molecular formula is C30H38Cl2N6O3. The number of aliphatic hydroxyl groups is 1. The number of benzene rings is 1. The Labute approximate surface area is 252 Å². The second kappa shape index (κ2) is 14.1. The number of pyridine rings is 1. The number of likely N-dealkylation sites (tertiary alicyclic amines) is 1. The first-order valence-corrected chi connectivity index (χ1v) is 14.9. The van der Waals surface area contributed by atoms with Gasteiger partial charge in [-0.2, -0.15) is 0 Å². The lowest BCUT2D eigenvalue weighted by atomic mass is 9.97. The van der Waals surface area contributed by atoms with Crippen LogP contribution in [0.1, 0.15) is 25.3 Å². The molecule has 0 bridgehead atoms. The van der Waals surface area contributed by atoms with Crippen LogP contribution in [0.2, 0.25) is 10.0 Å². The normalized spacial score (nSPS) is 18.0. The summed E-state index contributed by atoms with van der Waals surface area (Å²) in [7, 11) is 1.77. The van der Waals surface area contributed by atoms with E-state index in [0.717, 1.165) is 82.1 Å². The van der Waals surface area contributed by atoms with E-state index in [4.69, 9.17) is 37.7 Å². The van der Waals surface area contributed by atoms with Gasteiger partial charge in [-0.05, 0) is 68.6 Å². The van der Waals surface area contributed by atoms with Crippen molar-refractivity contribution >= 4 is 29.2 Å². The van der Waals surface area contributed by atoms with Gasteiger partial charge in [0.2, 0.25) is 11.8 Å². The number of aromatic nitrogens is 3. The largest absolute Gasteiger partial charge is 0.436 e. The Morgan fingerprint density at radius 1 is 0.927 bits per heavy atom. The zero-order chi connectivity index (χ0) is 28.8. The van der Waals surface area contributed by atoms with Gasteiger partial charge < -0.3 is 19.5 Å². The van der Waals surface area contributed by atoms with Gasteiger partial charge in [0, 0.05) is 74.7 Å². The maximum absolute atomic E-state index is 9.65. The number of rotatable bonds is 10. The molecule has 0 spiro atoms. The molecule has 2 aliphatic heterocycles. The highest BCUT2D eigenvalue weighted by Crippen LogP contribution is 2.31. The van der Waals surface area contributed by atoms with Gasteiger partial charge in [-0.15, -0.1) is 0 Å². The fourth-order valence-corrected chi connectivity index (χ4v) is 6.03. The van der Waals surface area contributed by atoms with Crippen LogP contribution in [-0.2, 0) is 11.3 Å². The number of hydrogen-bond acceptors (Lipinski definition) is 9. The predicted octanol–water partition coefficient (Wildman–Crippen LogP) is 5.00. The molecule has 1 unspecified atom stereocenters. The third kappa shape index (κ3) is 8.50. The van der Waals surface area contributed by atoms with Crippen LogP contribution in [0.5, 0.6) is 11.6 Å². The average Bonchev–Trinajstić information content (AvgIpc) is 2.94. The Morgan fingerprint density at radius 2 is 1.61 bits per heavy atom. The molecule has 5 rings (SSSR count). The Bertz CT molecular complexity index is 1260. The van der Waals surface area contributed by atoms with Crippen LogP contribution in [0, 0.1) is 5.92 Å². The van der Waals surface area contributed by atoms with E-state index in [2.05, 4.69) is 30.7 Å². The fraction of sp³-hybridized carbons (Fsp3) is 0.500. The first-order chi connectivity index (χ1) is 19.8. The average molecular weight is 602 g/mol. The minimum Gasteiger partial charge on any atom is -0.436 e. The van der Waals surface area contributed by atoms with Crippen molar-refractivity contribution in [3.8, 4) is 22.9 Å². The molecule has 1 N–H and O–H groups in total. The Kier molecular flexibility index (Phi) is 10.3. The molecule has 1 atom stereocenters. The number of piperidine rings is 1. The van der Waals surface area contributed by atoms with Crippen LogP contribution in [0.25, 0.3) is 11.3 Å². The molecule has 0 saturated carbocycles. The number of hydrogen-bond donors (Lipinski definition) is 1. The summed E-state index contributed by atoms with van der Waals surface area (Å²) in [5, 5.41) is 10.8. The van der Waals surface area contributed by atoms with E-state index < -0.39 is 0 Å². The molecule has 9 nitrogen and oxygen atoms in total. The highest BCUT2D eigenvalue weighted by Gasteiger charge is 2.21. The summed E-state index contributed by atoms with van der Waals surface area (Å²) in [6.07, 6.45) is 5.30. The first-order valence-electron chi connectivity index (χ1n) is 14.2. The van der Waals surface area contributed by atoms with Crippen LogP contribution in [0.15, 0.2) is 42.7 Å². The van der Waals surface area contributed by atoms with E-state index >= 15 is 0 Å². The minimum atomic E-state index is -0.328. The second-order valence-electron chi connectivity index (χ2n) is 11.0. The zero-order valence-electron chi connectivity index (χ0n) is 23.7. The number of nitrogens with zero attached hydrogens (tertiary/aromatic N) is 6. The lowest BCUT2D eigenvalue weighted by molar-refractivity contribution is 0.0968. The van der Waals surface area contributed by atoms with E-state index in [-0.39, 0.29) is 6.10 Å². The summed E-state index contributed by atoms with van der Waals surface area (Å²) < 4.78 is 11.6. The molecule has 2 saturated heterocycles. The number of methoxy groups -OCH3 is 1. The summed E-state index contributed by atoms with van der Waals surface area (Å²) in [6.45, 7) is 9.50. The Hall–Kier alpha value is -2.53. The molecule has 0 amide bonds. The van der Waals surface area contributed by atoms with E-state index in [1.165, 1.54) is 0 Å². The Balaban J connectivity index is 1.31. The van der Waals surface area contributed by atoms with E-state index in [9.17, 15) is 5.11 Å². The van der Waals surface area contributed by atoms with Crippen molar-refractivity contribution in [2.45, 2.75) is 32.4 Å². The highest BCUT2D eigenvalue weighted by atomic mass is 35.5. The van der Waals surface area contributed by atoms with E-state index in [1.807, 2.05) is 25.1 Å². The van der Waals surface area contributed by atoms with Crippen LogP contribution in [-0.4, -0.2) is 95.5 Å². The van der Waals surface area contributed by atoms with Gasteiger partial charge in [0.05, 0.1) is 24.2 Å². The number of aliphatic hydroxyl groups excluding tert-OH is 1. The monoisotopic (exact) mass is 600 g/mol. The molecule has 41 heavy (non-hydrogen) atoms. The number of halogens is 2. The summed E-state index contributed by atoms with van der Waals surface area (Å²) in [6, 6.07) is 9.49. The number of ether oxygens (including phenoxy) is 2. The van der Waals surface area contributed by atoms with Gasteiger partial charge in [0.1, 0.15) is 0 Å². The van der Waals surface area contributed by atoms with Gasteiger partial charge in [0.15, 0.2) is 5.75 Å². The van der Waals surface area contributed by atoms with Gasteiger partial charge in [-0.1, -0.05) is 23.2 Å². The molecule has 2 aromatic heterocycles. The maximum Gasteiger partial charge on any atom is 0.225 e. The third-order valence-electron chi connectivity index (χ3n) is 7.55. The summed E-state index contributed by atoms with van der Waals surface area (Å²) in [4.78, 5) is 20.8. The summed E-state index contributed by atoms with van der Waals surface area (Å²) >= 11 is 12.6. The van der Waals surface area contributed by atoms with Gasteiger partial charge in [-0.25, -0.2) is 15.0 Å². The van der Waals surface area contributed by atoms with Crippen LogP contribution in [0.4, 0.5) is 5.95 Å². The second-order valence-corrected chi connectivity index (χ2v) is 11.9. The highest BCUT2D eigenvalue weighted by molar-refractivity contribution is 6.35. The Morgan fingerprint density at radius 3 is 2.24 bits per heavy atom. The zero-order valence-corrected chi connectivity index (χ0v) is 25.2. The quantitative estimate of drug-likeness (QED) is 0.345. The van der Waals surface area contributed by atoms with Crippen molar-refractivity contribution in [3.05, 3.63) is 58.3 Å². The van der Waals surface area contributed by atoms with Crippen molar-refractivity contribution in [1.29, 1.82) is 0 Å². The van der Waals surface area contributed by atoms with Crippen molar-refractivity contribution < 1.29 is 14.6 Å². The minimum absolute atomic E-state index is 0.328. The SMILES string of the molecule is COCC1CCN(Cc2cc(Oc3cnc(N4CCN(CC(C)O)CC4)nc3)nc(-c3cc(Cl)cc(Cl)c3)c2)CC1. The van der Waals surface area contributed by atoms with Crippen LogP contribution in [0.3, 0.4) is 0 Å². The molecule has 4 heterocycles. The first kappa shape index (κ1) is 29.9. The summed E-state index contributed by atoms with van der Waals surface area (Å²) in [5.41, 5.74) is 2.66. The summed E-state index contributed by atoms with van der Waals surface area (Å²) in [5.74, 6) is 2.27. The smallest absolute Gasteiger partial charge is 0.225 e. The van der Waals surface area contributed by atoms with Gasteiger partial charge in [-0.3, -0.25) is 9.80 Å². The van der Waals surface area contributed by atoms with Gasteiger partial charge >= 0.3 is 0 Å².